The maximum Gasteiger partial charge on any atom is 0.354 e. The molecule has 0 radical (unpaired) electrons. The molecule has 2 N–H and O–H groups in total. The van der Waals surface area contributed by atoms with Crippen LogP contribution >= 0.6 is 0 Å². The Labute approximate surface area is 135 Å². The van der Waals surface area contributed by atoms with Crippen molar-refractivity contribution in [3.05, 3.63) is 17.5 Å². The van der Waals surface area contributed by atoms with Crippen LogP contribution in [-0.2, 0) is 4.79 Å². The summed E-state index contributed by atoms with van der Waals surface area (Å²) in [5.41, 5.74) is 0.588. The van der Waals surface area contributed by atoms with E-state index in [0.717, 1.165) is 19.4 Å². The van der Waals surface area contributed by atoms with Gasteiger partial charge in [-0.2, -0.15) is 0 Å². The molecule has 1 aromatic heterocycles. The van der Waals surface area contributed by atoms with Gasteiger partial charge in [0.1, 0.15) is 0 Å². The third-order valence-electron chi connectivity index (χ3n) is 4.63. The lowest BCUT2D eigenvalue weighted by atomic mass is 10.1. The zero-order valence-electron chi connectivity index (χ0n) is 13.3. The first-order valence-corrected chi connectivity index (χ1v) is 8.15. The van der Waals surface area contributed by atoms with Crippen molar-refractivity contribution >= 4 is 17.8 Å². The molecule has 7 heteroatoms. The molecule has 2 fully saturated rings. The third kappa shape index (κ3) is 3.60. The molecular weight excluding hydrogens is 296 g/mol. The fourth-order valence-corrected chi connectivity index (χ4v) is 3.51. The van der Waals surface area contributed by atoms with E-state index in [2.05, 4.69) is 15.3 Å². The molecule has 3 rings (SSSR count). The molecule has 0 spiro atoms. The number of hydrogen-bond donors (Lipinski definition) is 2. The van der Waals surface area contributed by atoms with E-state index in [0.29, 0.717) is 30.6 Å². The van der Waals surface area contributed by atoms with Crippen molar-refractivity contribution < 1.29 is 14.7 Å². The highest BCUT2D eigenvalue weighted by molar-refractivity contribution is 5.85. The number of carboxylic acid groups (broad SMARTS) is 1. The van der Waals surface area contributed by atoms with Gasteiger partial charge in [-0.1, -0.05) is 12.8 Å². The Kier molecular flexibility index (Phi) is 4.45. The number of likely N-dealkylation sites (tertiary alicyclic amines) is 1. The van der Waals surface area contributed by atoms with Crippen molar-refractivity contribution in [2.75, 3.05) is 18.4 Å². The van der Waals surface area contributed by atoms with Gasteiger partial charge in [0.25, 0.3) is 0 Å². The topological polar surface area (TPSA) is 95.4 Å². The van der Waals surface area contributed by atoms with Crippen molar-refractivity contribution in [1.29, 1.82) is 0 Å². The first kappa shape index (κ1) is 15.7. The normalized spacial score (nSPS) is 21.9. The number of carboxylic acids is 1. The van der Waals surface area contributed by atoms with Gasteiger partial charge in [0.05, 0.1) is 0 Å². The molecule has 1 aliphatic carbocycles. The monoisotopic (exact) mass is 318 g/mol. The molecular formula is C16H22N4O3. The average Bonchev–Trinajstić information content (AvgIpc) is 3.13. The standard InChI is InChI=1S/C16H22N4O3/c1-10-6-13(15(22)23)19-16(18-10)17-8-11-7-14(21)20(9-11)12-4-2-3-5-12/h6,11-12H,2-5,7-9H2,1H3,(H,22,23)(H,17,18,19). The van der Waals surface area contributed by atoms with Gasteiger partial charge in [-0.25, -0.2) is 14.8 Å². The van der Waals surface area contributed by atoms with Crippen LogP contribution in [0.2, 0.25) is 0 Å². The summed E-state index contributed by atoms with van der Waals surface area (Å²) < 4.78 is 0. The summed E-state index contributed by atoms with van der Waals surface area (Å²) in [7, 11) is 0. The minimum Gasteiger partial charge on any atom is -0.477 e. The predicted molar refractivity (Wildman–Crippen MR) is 84.3 cm³/mol. The van der Waals surface area contributed by atoms with Gasteiger partial charge in [-0.05, 0) is 25.8 Å². The molecule has 1 aliphatic heterocycles. The van der Waals surface area contributed by atoms with Crippen LogP contribution in [0.4, 0.5) is 5.95 Å². The fourth-order valence-electron chi connectivity index (χ4n) is 3.51. The van der Waals surface area contributed by atoms with Gasteiger partial charge in [-0.3, -0.25) is 4.79 Å². The SMILES string of the molecule is Cc1cc(C(=O)O)nc(NCC2CC(=O)N(C3CCCC3)C2)n1. The van der Waals surface area contributed by atoms with E-state index in [1.165, 1.54) is 18.9 Å². The Morgan fingerprint density at radius 2 is 2.13 bits per heavy atom. The predicted octanol–water partition coefficient (Wildman–Crippen LogP) is 1.69. The third-order valence-corrected chi connectivity index (χ3v) is 4.63. The van der Waals surface area contributed by atoms with E-state index in [1.807, 2.05) is 4.90 Å². The fraction of sp³-hybridized carbons (Fsp3) is 0.625. The second-order valence-electron chi connectivity index (χ2n) is 6.46. The van der Waals surface area contributed by atoms with E-state index in [-0.39, 0.29) is 17.5 Å². The molecule has 2 aliphatic rings. The van der Waals surface area contributed by atoms with Crippen LogP contribution in [0.15, 0.2) is 6.07 Å². The largest absolute Gasteiger partial charge is 0.477 e. The number of aromatic nitrogens is 2. The zero-order chi connectivity index (χ0) is 16.4. The summed E-state index contributed by atoms with van der Waals surface area (Å²) in [5.74, 6) is -0.295. The summed E-state index contributed by atoms with van der Waals surface area (Å²) in [4.78, 5) is 33.4. The quantitative estimate of drug-likeness (QED) is 0.857. The van der Waals surface area contributed by atoms with Crippen molar-refractivity contribution in [3.63, 3.8) is 0 Å². The number of amides is 1. The van der Waals surface area contributed by atoms with Gasteiger partial charge in [0, 0.05) is 37.2 Å². The molecule has 1 amide bonds. The molecule has 1 aromatic rings. The lowest BCUT2D eigenvalue weighted by Crippen LogP contribution is -2.35. The smallest absolute Gasteiger partial charge is 0.354 e. The van der Waals surface area contributed by atoms with E-state index in [9.17, 15) is 9.59 Å². The van der Waals surface area contributed by atoms with Crippen molar-refractivity contribution in [1.82, 2.24) is 14.9 Å². The molecule has 1 atom stereocenters. The number of rotatable bonds is 5. The number of aryl methyl sites for hydroxylation is 1. The molecule has 23 heavy (non-hydrogen) atoms. The summed E-state index contributed by atoms with van der Waals surface area (Å²) in [5, 5.41) is 12.1. The van der Waals surface area contributed by atoms with Gasteiger partial charge >= 0.3 is 5.97 Å². The lowest BCUT2D eigenvalue weighted by Gasteiger charge is -2.24. The molecule has 0 aromatic carbocycles. The van der Waals surface area contributed by atoms with Crippen LogP contribution in [0.25, 0.3) is 0 Å². The van der Waals surface area contributed by atoms with Crippen molar-refractivity contribution in [2.24, 2.45) is 5.92 Å². The van der Waals surface area contributed by atoms with E-state index in [1.54, 1.807) is 6.92 Å². The maximum absolute atomic E-state index is 12.2. The van der Waals surface area contributed by atoms with Gasteiger partial charge in [0.15, 0.2) is 5.69 Å². The molecule has 7 nitrogen and oxygen atoms in total. The van der Waals surface area contributed by atoms with Crippen LogP contribution in [0.1, 0.15) is 48.3 Å². The van der Waals surface area contributed by atoms with E-state index >= 15 is 0 Å². The first-order chi connectivity index (χ1) is 11.0. The molecule has 1 saturated heterocycles. The number of nitrogens with one attached hydrogen (secondary N) is 1. The van der Waals surface area contributed by atoms with Gasteiger partial charge < -0.3 is 15.3 Å². The Morgan fingerprint density at radius 1 is 1.39 bits per heavy atom. The molecule has 1 unspecified atom stereocenters. The highest BCUT2D eigenvalue weighted by Crippen LogP contribution is 2.29. The number of hydrogen-bond acceptors (Lipinski definition) is 5. The van der Waals surface area contributed by atoms with Gasteiger partial charge in [0.2, 0.25) is 11.9 Å². The lowest BCUT2D eigenvalue weighted by molar-refractivity contribution is -0.129. The van der Waals surface area contributed by atoms with Crippen molar-refractivity contribution in [2.45, 2.75) is 45.1 Å². The second kappa shape index (κ2) is 6.52. The summed E-state index contributed by atoms with van der Waals surface area (Å²) in [6, 6.07) is 1.86. The number of nitrogens with zero attached hydrogens (tertiary/aromatic N) is 3. The highest BCUT2D eigenvalue weighted by atomic mass is 16.4. The van der Waals surface area contributed by atoms with Crippen LogP contribution in [0, 0.1) is 12.8 Å². The van der Waals surface area contributed by atoms with Crippen LogP contribution in [0.3, 0.4) is 0 Å². The summed E-state index contributed by atoms with van der Waals surface area (Å²) in [6.07, 6.45) is 5.21. The molecule has 2 heterocycles. The minimum atomic E-state index is -1.07. The maximum atomic E-state index is 12.2. The number of anilines is 1. The van der Waals surface area contributed by atoms with Crippen LogP contribution < -0.4 is 5.32 Å². The Hall–Kier alpha value is -2.18. The number of aromatic carboxylic acids is 1. The first-order valence-electron chi connectivity index (χ1n) is 8.15. The highest BCUT2D eigenvalue weighted by Gasteiger charge is 2.35. The summed E-state index contributed by atoms with van der Waals surface area (Å²) in [6.45, 7) is 3.09. The molecule has 1 saturated carbocycles. The molecule has 0 bridgehead atoms. The number of carbonyl (C=O) groups excluding carboxylic acids is 1. The Morgan fingerprint density at radius 3 is 2.83 bits per heavy atom. The van der Waals surface area contributed by atoms with Crippen LogP contribution in [0.5, 0.6) is 0 Å². The summed E-state index contributed by atoms with van der Waals surface area (Å²) >= 11 is 0. The zero-order valence-corrected chi connectivity index (χ0v) is 13.3. The Bertz CT molecular complexity index is 613. The van der Waals surface area contributed by atoms with Gasteiger partial charge in [-0.15, -0.1) is 0 Å². The van der Waals surface area contributed by atoms with Crippen molar-refractivity contribution in [3.8, 4) is 0 Å². The Balaban J connectivity index is 1.58. The van der Waals surface area contributed by atoms with E-state index in [4.69, 9.17) is 5.11 Å². The average molecular weight is 318 g/mol. The minimum absolute atomic E-state index is 0.0184. The second-order valence-corrected chi connectivity index (χ2v) is 6.46. The van der Waals surface area contributed by atoms with Crippen LogP contribution in [-0.4, -0.2) is 51.0 Å². The number of carbonyl (C=O) groups is 2. The van der Waals surface area contributed by atoms with E-state index < -0.39 is 5.97 Å². The molecule has 124 valence electrons.